The molecule has 3 heteroatoms. The molecule has 0 aliphatic heterocycles. The molecule has 0 heterocycles. The molecule has 1 saturated carbocycles. The van der Waals surface area contributed by atoms with E-state index in [1.165, 1.54) is 24.8 Å². The summed E-state index contributed by atoms with van der Waals surface area (Å²) in [6.45, 7) is 16.5. The van der Waals surface area contributed by atoms with Crippen LogP contribution in [-0.2, 0) is 5.04 Å². The summed E-state index contributed by atoms with van der Waals surface area (Å²) in [6, 6.07) is 10.9. The van der Waals surface area contributed by atoms with Crippen molar-refractivity contribution in [2.24, 2.45) is 11.3 Å². The number of benzene rings is 1. The smallest absolute Gasteiger partial charge is 0.0745 e. The van der Waals surface area contributed by atoms with Crippen LogP contribution in [0.2, 0.25) is 18.6 Å². The molecular weight excluding hydrogens is 348 g/mol. The molecular formula is C24H42O2Si. The summed E-state index contributed by atoms with van der Waals surface area (Å²) in [5.41, 5.74) is 0.860. The second kappa shape index (κ2) is 8.00. The lowest BCUT2D eigenvalue weighted by Gasteiger charge is -2.59. The second-order valence-electron chi connectivity index (χ2n) is 10.6. The molecule has 0 aromatic heterocycles. The van der Waals surface area contributed by atoms with Crippen molar-refractivity contribution in [1.29, 1.82) is 0 Å². The van der Waals surface area contributed by atoms with Crippen LogP contribution in [0.1, 0.15) is 72.3 Å². The number of hydrogen-bond donors (Lipinski definition) is 2. The van der Waals surface area contributed by atoms with E-state index >= 15 is 0 Å². The maximum Gasteiger partial charge on any atom is 0.0745 e. The number of rotatable bonds is 5. The molecule has 0 spiro atoms. The Bertz CT molecular complexity index is 608. The second-order valence-corrected chi connectivity index (χ2v) is 16.0. The predicted molar refractivity (Wildman–Crippen MR) is 119 cm³/mol. The summed E-state index contributed by atoms with van der Waals surface area (Å²) < 4.78 is 0. The van der Waals surface area contributed by atoms with E-state index in [9.17, 15) is 10.2 Å². The van der Waals surface area contributed by atoms with E-state index in [-0.39, 0.29) is 23.0 Å². The largest absolute Gasteiger partial charge is 0.396 e. The fourth-order valence-corrected chi connectivity index (χ4v) is 10.6. The van der Waals surface area contributed by atoms with Crippen LogP contribution in [0.15, 0.2) is 30.3 Å². The summed E-state index contributed by atoms with van der Waals surface area (Å²) in [5, 5.41) is 21.9. The van der Waals surface area contributed by atoms with E-state index < -0.39 is 13.7 Å². The maximum atomic E-state index is 11.9. The highest BCUT2D eigenvalue weighted by Gasteiger charge is 2.58. The molecule has 1 aliphatic rings. The van der Waals surface area contributed by atoms with Gasteiger partial charge in [-0.05, 0) is 28.0 Å². The zero-order valence-electron chi connectivity index (χ0n) is 18.7. The number of aliphatic hydroxyl groups is 2. The van der Waals surface area contributed by atoms with Gasteiger partial charge in [0, 0.05) is 12.5 Å². The van der Waals surface area contributed by atoms with Gasteiger partial charge in [0.1, 0.15) is 0 Å². The first-order chi connectivity index (χ1) is 12.4. The normalized spacial score (nSPS) is 28.3. The highest BCUT2D eigenvalue weighted by molar-refractivity contribution is 6.81. The molecule has 0 bridgehead atoms. The average molecular weight is 391 g/mol. The minimum atomic E-state index is -1.85. The van der Waals surface area contributed by atoms with Crippen molar-refractivity contribution in [1.82, 2.24) is 0 Å². The molecule has 0 amide bonds. The van der Waals surface area contributed by atoms with Crippen LogP contribution in [-0.4, -0.2) is 30.5 Å². The van der Waals surface area contributed by atoms with Crippen molar-refractivity contribution in [3.8, 4) is 0 Å². The first-order valence-electron chi connectivity index (χ1n) is 10.8. The van der Waals surface area contributed by atoms with Crippen LogP contribution in [0, 0.1) is 11.3 Å². The SMILES string of the molecule is C[C@@H](CO)[C@@]1(O)CCCCC[C@H]([Si](C)(C)C(C)(C)c2ccccc2)C1(C)C. The minimum absolute atomic E-state index is 0.0523. The van der Waals surface area contributed by atoms with Crippen molar-refractivity contribution >= 4 is 8.07 Å². The van der Waals surface area contributed by atoms with Gasteiger partial charge in [0.2, 0.25) is 0 Å². The van der Waals surface area contributed by atoms with Gasteiger partial charge >= 0.3 is 0 Å². The topological polar surface area (TPSA) is 40.5 Å². The van der Waals surface area contributed by atoms with E-state index in [1.807, 2.05) is 6.92 Å². The first-order valence-corrected chi connectivity index (χ1v) is 13.9. The standard InChI is InChI=1S/C24H42O2Si/c1-19(18-25)24(26)17-13-9-12-16-21(22(24,2)3)27(6,7)23(4,5)20-14-10-8-11-15-20/h8,10-11,14-15,19,21,25-26H,9,12-13,16-18H2,1-7H3/t19-,21-,24-/m0/s1. The van der Waals surface area contributed by atoms with Gasteiger partial charge in [-0.1, -0.05) is 104 Å². The Morgan fingerprint density at radius 3 is 2.26 bits per heavy atom. The zero-order chi connectivity index (χ0) is 20.5. The molecule has 1 fully saturated rings. The van der Waals surface area contributed by atoms with Crippen LogP contribution < -0.4 is 0 Å². The minimum Gasteiger partial charge on any atom is -0.396 e. The van der Waals surface area contributed by atoms with Gasteiger partial charge in [-0.2, -0.15) is 0 Å². The van der Waals surface area contributed by atoms with Crippen LogP contribution in [0.25, 0.3) is 0 Å². The number of aliphatic hydroxyl groups excluding tert-OH is 1. The molecule has 2 nitrogen and oxygen atoms in total. The van der Waals surface area contributed by atoms with E-state index in [4.69, 9.17) is 0 Å². The van der Waals surface area contributed by atoms with Crippen molar-refractivity contribution in [2.75, 3.05) is 6.61 Å². The molecule has 0 radical (unpaired) electrons. The lowest BCUT2D eigenvalue weighted by atomic mass is 9.62. The Morgan fingerprint density at radius 2 is 1.70 bits per heavy atom. The highest BCUT2D eigenvalue weighted by atomic mass is 28.3. The molecule has 0 saturated heterocycles. The van der Waals surface area contributed by atoms with E-state index in [0.717, 1.165) is 12.8 Å². The molecule has 3 atom stereocenters. The van der Waals surface area contributed by atoms with Gasteiger partial charge in [0.15, 0.2) is 0 Å². The maximum absolute atomic E-state index is 11.9. The van der Waals surface area contributed by atoms with Gasteiger partial charge in [-0.15, -0.1) is 0 Å². The third kappa shape index (κ3) is 3.80. The van der Waals surface area contributed by atoms with E-state index in [0.29, 0.717) is 5.54 Å². The van der Waals surface area contributed by atoms with E-state index in [1.54, 1.807) is 0 Å². The molecule has 154 valence electrons. The van der Waals surface area contributed by atoms with Crippen molar-refractivity contribution in [3.05, 3.63) is 35.9 Å². The fourth-order valence-electron chi connectivity index (χ4n) is 5.86. The fraction of sp³-hybridized carbons (Fsp3) is 0.750. The third-order valence-electron chi connectivity index (χ3n) is 8.60. The Balaban J connectivity index is 2.54. The quantitative estimate of drug-likeness (QED) is 0.612. The summed E-state index contributed by atoms with van der Waals surface area (Å²) in [6.07, 6.45) is 5.47. The molecule has 2 rings (SSSR count). The van der Waals surface area contributed by atoms with Gasteiger partial charge in [0.25, 0.3) is 0 Å². The Hall–Kier alpha value is -0.643. The molecule has 1 aliphatic carbocycles. The summed E-state index contributed by atoms with van der Waals surface area (Å²) in [7, 11) is -1.85. The summed E-state index contributed by atoms with van der Waals surface area (Å²) in [5.74, 6) is -0.0993. The lowest BCUT2D eigenvalue weighted by Crippen LogP contribution is -2.62. The number of hydrogen-bond acceptors (Lipinski definition) is 2. The molecule has 1 aromatic rings. The van der Waals surface area contributed by atoms with Crippen LogP contribution >= 0.6 is 0 Å². The summed E-state index contributed by atoms with van der Waals surface area (Å²) in [4.78, 5) is 0. The molecule has 2 N–H and O–H groups in total. The Kier molecular flexibility index (Phi) is 6.71. The predicted octanol–water partition coefficient (Wildman–Crippen LogP) is 5.93. The van der Waals surface area contributed by atoms with Gasteiger partial charge in [-0.3, -0.25) is 0 Å². The average Bonchev–Trinajstić information content (AvgIpc) is 2.62. The van der Waals surface area contributed by atoms with Crippen LogP contribution in [0.3, 0.4) is 0 Å². The van der Waals surface area contributed by atoms with Crippen molar-refractivity contribution < 1.29 is 10.2 Å². The van der Waals surface area contributed by atoms with Crippen LogP contribution in [0.5, 0.6) is 0 Å². The Morgan fingerprint density at radius 1 is 1.11 bits per heavy atom. The monoisotopic (exact) mass is 390 g/mol. The van der Waals surface area contributed by atoms with Crippen molar-refractivity contribution in [2.45, 2.75) is 96.0 Å². The van der Waals surface area contributed by atoms with Crippen LogP contribution in [0.4, 0.5) is 0 Å². The van der Waals surface area contributed by atoms with Gasteiger partial charge in [0.05, 0.1) is 13.7 Å². The third-order valence-corrected chi connectivity index (χ3v) is 14.9. The van der Waals surface area contributed by atoms with E-state index in [2.05, 4.69) is 71.1 Å². The molecule has 0 unspecified atom stereocenters. The van der Waals surface area contributed by atoms with Crippen molar-refractivity contribution in [3.63, 3.8) is 0 Å². The Labute approximate surface area is 168 Å². The van der Waals surface area contributed by atoms with Gasteiger partial charge < -0.3 is 10.2 Å². The summed E-state index contributed by atoms with van der Waals surface area (Å²) >= 11 is 0. The molecule has 1 aromatic carbocycles. The zero-order valence-corrected chi connectivity index (χ0v) is 19.7. The highest BCUT2D eigenvalue weighted by Crippen LogP contribution is 2.58. The molecule has 27 heavy (non-hydrogen) atoms. The van der Waals surface area contributed by atoms with Gasteiger partial charge in [-0.25, -0.2) is 0 Å². The first kappa shape index (κ1) is 22.6. The lowest BCUT2D eigenvalue weighted by molar-refractivity contribution is -0.133.